The van der Waals surface area contributed by atoms with E-state index in [-0.39, 0.29) is 24.7 Å². The lowest BCUT2D eigenvalue weighted by Crippen LogP contribution is -2.28. The number of benzene rings is 2. The molecule has 0 fully saturated rings. The first kappa shape index (κ1) is 20.7. The molecule has 0 atom stereocenters. The van der Waals surface area contributed by atoms with Crippen molar-refractivity contribution in [2.24, 2.45) is 0 Å². The molecule has 0 unspecified atom stereocenters. The Bertz CT molecular complexity index is 1330. The maximum absolute atomic E-state index is 12.5. The molecule has 0 aliphatic rings. The number of carbonyl (C=O) groups excluding carboxylic acids is 2. The number of fused-ring (bicyclic) bond motifs is 1. The fourth-order valence-corrected chi connectivity index (χ4v) is 3.11. The summed E-state index contributed by atoms with van der Waals surface area (Å²) in [6, 6.07) is 12.1. The molecule has 0 aliphatic carbocycles. The summed E-state index contributed by atoms with van der Waals surface area (Å²) in [6.45, 7) is 0.551. The van der Waals surface area contributed by atoms with Gasteiger partial charge in [-0.1, -0.05) is 24.3 Å². The van der Waals surface area contributed by atoms with Crippen molar-refractivity contribution in [1.82, 2.24) is 35.8 Å². The van der Waals surface area contributed by atoms with E-state index in [1.165, 1.54) is 12.4 Å². The van der Waals surface area contributed by atoms with Crippen LogP contribution in [0.2, 0.25) is 0 Å². The fourth-order valence-electron chi connectivity index (χ4n) is 3.11. The molecule has 162 valence electrons. The van der Waals surface area contributed by atoms with Gasteiger partial charge in [-0.25, -0.2) is 9.97 Å². The highest BCUT2D eigenvalue weighted by atomic mass is 16.2. The summed E-state index contributed by atoms with van der Waals surface area (Å²) in [5, 5.41) is 12.3. The third-order valence-electron chi connectivity index (χ3n) is 4.66. The van der Waals surface area contributed by atoms with E-state index < -0.39 is 11.5 Å². The number of amides is 2. The van der Waals surface area contributed by atoms with Crippen LogP contribution in [0.3, 0.4) is 0 Å². The lowest BCUT2D eigenvalue weighted by atomic mass is 10.1. The Kier molecular flexibility index (Phi) is 5.88. The standard InChI is InChI=1S/C21H20N8O3/c22-14-4-5-16-15(7-14)20(31)28-19(27-16)21(32)24-10-13-3-1-2-12(6-13)9-23-18(30)8-17-25-11-26-29-17/h1-7,11H,8-10,22H2,(H,23,30)(H,24,32)(H,25,26,29)(H,27,28,31). The zero-order valence-electron chi connectivity index (χ0n) is 16.9. The Labute approximate surface area is 181 Å². The molecule has 6 N–H and O–H groups in total. The molecule has 2 amide bonds. The minimum absolute atomic E-state index is 0.0809. The van der Waals surface area contributed by atoms with Crippen molar-refractivity contribution in [2.75, 3.05) is 5.73 Å². The average Bonchev–Trinajstić information content (AvgIpc) is 3.29. The monoisotopic (exact) mass is 432 g/mol. The van der Waals surface area contributed by atoms with E-state index in [9.17, 15) is 14.4 Å². The number of rotatable bonds is 7. The summed E-state index contributed by atoms with van der Waals surface area (Å²) < 4.78 is 0. The highest BCUT2D eigenvalue weighted by Gasteiger charge is 2.12. The van der Waals surface area contributed by atoms with Gasteiger partial charge in [-0.2, -0.15) is 5.10 Å². The van der Waals surface area contributed by atoms with E-state index >= 15 is 0 Å². The average molecular weight is 432 g/mol. The van der Waals surface area contributed by atoms with Crippen LogP contribution < -0.4 is 21.9 Å². The van der Waals surface area contributed by atoms with Gasteiger partial charge in [0.25, 0.3) is 11.5 Å². The molecule has 0 radical (unpaired) electrons. The summed E-state index contributed by atoms with van der Waals surface area (Å²) in [7, 11) is 0. The van der Waals surface area contributed by atoms with E-state index in [0.717, 1.165) is 11.1 Å². The number of hydrogen-bond donors (Lipinski definition) is 5. The fraction of sp³-hybridized carbons (Fsp3) is 0.143. The van der Waals surface area contributed by atoms with E-state index in [4.69, 9.17) is 5.73 Å². The van der Waals surface area contributed by atoms with Gasteiger partial charge in [0.05, 0.1) is 17.3 Å². The van der Waals surface area contributed by atoms with Crippen molar-refractivity contribution in [2.45, 2.75) is 19.5 Å². The molecule has 4 rings (SSSR count). The van der Waals surface area contributed by atoms with Crippen LogP contribution in [0.25, 0.3) is 10.9 Å². The van der Waals surface area contributed by atoms with Gasteiger partial charge in [-0.15, -0.1) is 0 Å². The molecule has 0 bridgehead atoms. The quantitative estimate of drug-likeness (QED) is 0.263. The number of aromatic nitrogens is 5. The number of H-pyrrole nitrogens is 2. The third kappa shape index (κ3) is 4.95. The van der Waals surface area contributed by atoms with Crippen molar-refractivity contribution in [3.05, 3.63) is 81.9 Å². The minimum atomic E-state index is -0.508. The minimum Gasteiger partial charge on any atom is -0.399 e. The van der Waals surface area contributed by atoms with E-state index in [0.29, 0.717) is 29.0 Å². The lowest BCUT2D eigenvalue weighted by Gasteiger charge is -2.09. The first-order valence-electron chi connectivity index (χ1n) is 9.75. The molecule has 0 saturated carbocycles. The Morgan fingerprint density at radius 1 is 1.03 bits per heavy atom. The van der Waals surface area contributed by atoms with Gasteiger partial charge in [-0.05, 0) is 29.3 Å². The number of nitrogens with zero attached hydrogens (tertiary/aromatic N) is 3. The number of nitrogen functional groups attached to an aromatic ring is 1. The van der Waals surface area contributed by atoms with E-state index in [1.54, 1.807) is 12.1 Å². The van der Waals surface area contributed by atoms with Crippen LogP contribution in [0.15, 0.2) is 53.6 Å². The van der Waals surface area contributed by atoms with Gasteiger partial charge in [0.1, 0.15) is 6.33 Å². The van der Waals surface area contributed by atoms with Gasteiger partial charge < -0.3 is 21.4 Å². The van der Waals surface area contributed by atoms with Crippen LogP contribution in [0.4, 0.5) is 5.69 Å². The molecule has 2 heterocycles. The smallest absolute Gasteiger partial charge is 0.287 e. The van der Waals surface area contributed by atoms with Crippen LogP contribution in [-0.4, -0.2) is 37.0 Å². The van der Waals surface area contributed by atoms with Crippen LogP contribution in [0.1, 0.15) is 27.6 Å². The van der Waals surface area contributed by atoms with Crippen LogP contribution in [0.5, 0.6) is 0 Å². The maximum atomic E-state index is 12.5. The van der Waals surface area contributed by atoms with Gasteiger partial charge in [0, 0.05) is 18.8 Å². The molecular formula is C21H20N8O3. The second kappa shape index (κ2) is 9.08. The van der Waals surface area contributed by atoms with E-state index in [2.05, 4.69) is 35.8 Å². The van der Waals surface area contributed by atoms with Gasteiger partial charge in [-0.3, -0.25) is 19.5 Å². The maximum Gasteiger partial charge on any atom is 0.287 e. The van der Waals surface area contributed by atoms with Gasteiger partial charge in [0.2, 0.25) is 5.91 Å². The van der Waals surface area contributed by atoms with Gasteiger partial charge >= 0.3 is 0 Å². The lowest BCUT2D eigenvalue weighted by molar-refractivity contribution is -0.120. The molecule has 11 nitrogen and oxygen atoms in total. The Morgan fingerprint density at radius 2 is 1.81 bits per heavy atom. The van der Waals surface area contributed by atoms with Crippen molar-refractivity contribution in [3.63, 3.8) is 0 Å². The SMILES string of the molecule is Nc1ccc2nc(C(=O)NCc3cccc(CNC(=O)Cc4nc[nH]n4)c3)[nH]c(=O)c2c1. The Hall–Kier alpha value is -4.54. The summed E-state index contributed by atoms with van der Waals surface area (Å²) in [6.07, 6.45) is 1.50. The predicted octanol–water partition coefficient (Wildman–Crippen LogP) is 0.412. The van der Waals surface area contributed by atoms with Gasteiger partial charge in [0.15, 0.2) is 11.6 Å². The summed E-state index contributed by atoms with van der Waals surface area (Å²) in [4.78, 5) is 47.3. The number of nitrogens with one attached hydrogen (secondary N) is 4. The molecule has 32 heavy (non-hydrogen) atoms. The van der Waals surface area contributed by atoms with Crippen molar-refractivity contribution in [3.8, 4) is 0 Å². The highest BCUT2D eigenvalue weighted by Crippen LogP contribution is 2.11. The number of hydrogen-bond acceptors (Lipinski definition) is 7. The first-order valence-corrected chi connectivity index (χ1v) is 9.75. The molecule has 0 spiro atoms. The molecule has 4 aromatic rings. The van der Waals surface area contributed by atoms with Crippen LogP contribution in [0, 0.1) is 0 Å². The van der Waals surface area contributed by atoms with Crippen molar-refractivity contribution < 1.29 is 9.59 Å². The Morgan fingerprint density at radius 3 is 2.56 bits per heavy atom. The highest BCUT2D eigenvalue weighted by molar-refractivity contribution is 5.93. The number of carbonyl (C=O) groups is 2. The molecular weight excluding hydrogens is 412 g/mol. The molecule has 0 aliphatic heterocycles. The molecule has 2 aromatic heterocycles. The number of nitrogens with two attached hydrogens (primary N) is 1. The molecule has 11 heteroatoms. The molecule has 2 aromatic carbocycles. The van der Waals surface area contributed by atoms with E-state index in [1.807, 2.05) is 24.3 Å². The zero-order chi connectivity index (χ0) is 22.5. The largest absolute Gasteiger partial charge is 0.399 e. The van der Waals surface area contributed by atoms with Crippen LogP contribution >= 0.6 is 0 Å². The number of aromatic amines is 2. The normalized spacial score (nSPS) is 10.8. The Balaban J connectivity index is 1.36. The number of anilines is 1. The summed E-state index contributed by atoms with van der Waals surface area (Å²) in [5.41, 5.74) is 7.78. The zero-order valence-corrected chi connectivity index (χ0v) is 16.9. The summed E-state index contributed by atoms with van der Waals surface area (Å²) in [5.74, 6) is -0.368. The predicted molar refractivity (Wildman–Crippen MR) is 116 cm³/mol. The second-order valence-corrected chi connectivity index (χ2v) is 7.06. The van der Waals surface area contributed by atoms with Crippen molar-refractivity contribution in [1.29, 1.82) is 0 Å². The van der Waals surface area contributed by atoms with Crippen LogP contribution in [-0.2, 0) is 24.3 Å². The molecule has 0 saturated heterocycles. The summed E-state index contributed by atoms with van der Waals surface area (Å²) >= 11 is 0. The topological polar surface area (TPSA) is 172 Å². The van der Waals surface area contributed by atoms with Crippen molar-refractivity contribution >= 4 is 28.4 Å². The third-order valence-corrected chi connectivity index (χ3v) is 4.66. The first-order chi connectivity index (χ1) is 15.5. The second-order valence-electron chi connectivity index (χ2n) is 7.06.